The van der Waals surface area contributed by atoms with Gasteiger partial charge in [-0.05, 0) is 36.4 Å². The van der Waals surface area contributed by atoms with Crippen LogP contribution in [0, 0.1) is 0 Å². The molecule has 0 bridgehead atoms. The zero-order chi connectivity index (χ0) is 24.0. The Morgan fingerprint density at radius 1 is 0.714 bits per heavy atom. The number of nitrogen functional groups attached to an aromatic ring is 1. The summed E-state index contributed by atoms with van der Waals surface area (Å²) in [5.74, 6) is 0. The number of rotatable bonds is 3. The fourth-order valence-electron chi connectivity index (χ4n) is 3.46. The van der Waals surface area contributed by atoms with Gasteiger partial charge in [0.15, 0.2) is 5.65 Å². The fraction of sp³-hybridized carbons (Fsp3) is 0. The van der Waals surface area contributed by atoms with Crippen LogP contribution in [-0.4, -0.2) is 14.6 Å². The van der Waals surface area contributed by atoms with Crippen molar-refractivity contribution in [1.29, 1.82) is 0 Å². The lowest BCUT2D eigenvalue weighted by atomic mass is 10.2. The molecule has 0 fully saturated rings. The molecule has 0 saturated carbocycles. The molecule has 0 saturated heterocycles. The van der Waals surface area contributed by atoms with Gasteiger partial charge in [0.25, 0.3) is 0 Å². The smallest absolute Gasteiger partial charge is 0.156 e. The van der Waals surface area contributed by atoms with Gasteiger partial charge in [-0.3, -0.25) is 0 Å². The summed E-state index contributed by atoms with van der Waals surface area (Å²) in [6.07, 6.45) is 2.02. The van der Waals surface area contributed by atoms with Crippen molar-refractivity contribution in [3.8, 4) is 11.3 Å². The summed E-state index contributed by atoms with van der Waals surface area (Å²) < 4.78 is 1.84. The van der Waals surface area contributed by atoms with E-state index < -0.39 is 0 Å². The Morgan fingerprint density at radius 3 is 2.17 bits per heavy atom. The second kappa shape index (κ2) is 10.2. The van der Waals surface area contributed by atoms with E-state index in [2.05, 4.69) is 32.4 Å². The van der Waals surface area contributed by atoms with Crippen LogP contribution in [0.15, 0.2) is 126 Å². The highest BCUT2D eigenvalue weighted by Crippen LogP contribution is 2.26. The minimum Gasteiger partial charge on any atom is -0.398 e. The lowest BCUT2D eigenvalue weighted by Crippen LogP contribution is -1.90. The number of fused-ring (bicyclic) bond motifs is 2. The molecule has 35 heavy (non-hydrogen) atoms. The number of azo groups is 1. The van der Waals surface area contributed by atoms with Crippen LogP contribution in [0.5, 0.6) is 0 Å². The van der Waals surface area contributed by atoms with Crippen LogP contribution < -0.4 is 5.73 Å². The van der Waals surface area contributed by atoms with E-state index in [-0.39, 0.29) is 0 Å². The van der Waals surface area contributed by atoms with Crippen molar-refractivity contribution < 1.29 is 0 Å². The van der Waals surface area contributed by atoms with Gasteiger partial charge in [-0.25, -0.2) is 9.50 Å². The normalized spacial score (nSPS) is 11.0. The molecule has 4 aromatic carbocycles. The second-order valence-corrected chi connectivity index (χ2v) is 8.15. The van der Waals surface area contributed by atoms with Crippen molar-refractivity contribution in [2.75, 3.05) is 5.73 Å². The van der Waals surface area contributed by atoms with Crippen LogP contribution >= 0.6 is 11.6 Å². The maximum absolute atomic E-state index is 5.87. The quantitative estimate of drug-likeness (QED) is 0.208. The summed E-state index contributed by atoms with van der Waals surface area (Å²) in [6.45, 7) is 0. The number of anilines is 1. The van der Waals surface area contributed by atoms with E-state index in [9.17, 15) is 0 Å². The first kappa shape index (κ1) is 22.3. The van der Waals surface area contributed by atoms with Crippen molar-refractivity contribution in [3.05, 3.63) is 120 Å². The molecule has 170 valence electrons. The molecule has 0 aliphatic heterocycles. The minimum absolute atomic E-state index is 0.490. The van der Waals surface area contributed by atoms with Crippen LogP contribution in [0.1, 0.15) is 0 Å². The van der Waals surface area contributed by atoms with Gasteiger partial charge in [-0.2, -0.15) is 15.3 Å². The SMILES string of the molecule is Nc1ccc(N=Nc2ccccc2)cc1Cl.c1ccc(-c2cc3nc4ccccc4cn3n2)cc1. The highest BCUT2D eigenvalue weighted by Gasteiger charge is 2.06. The maximum Gasteiger partial charge on any atom is 0.156 e. The monoisotopic (exact) mass is 476 g/mol. The van der Waals surface area contributed by atoms with Gasteiger partial charge in [-0.1, -0.05) is 78.3 Å². The van der Waals surface area contributed by atoms with E-state index in [4.69, 9.17) is 17.3 Å². The highest BCUT2D eigenvalue weighted by molar-refractivity contribution is 6.33. The lowest BCUT2D eigenvalue weighted by molar-refractivity contribution is 0.957. The zero-order valence-electron chi connectivity index (χ0n) is 18.7. The molecule has 0 spiro atoms. The maximum atomic E-state index is 5.87. The van der Waals surface area contributed by atoms with Crippen LogP contribution in [0.2, 0.25) is 5.02 Å². The molecular formula is C28H21ClN6. The van der Waals surface area contributed by atoms with Crippen molar-refractivity contribution in [2.24, 2.45) is 10.2 Å². The predicted molar refractivity (Wildman–Crippen MR) is 142 cm³/mol. The molecule has 7 heteroatoms. The Labute approximate surface area is 207 Å². The molecule has 6 nitrogen and oxygen atoms in total. The molecule has 6 rings (SSSR count). The average molecular weight is 477 g/mol. The standard InChI is InChI=1S/C16H11N3.C12H10ClN3/c1-2-6-12(7-3-1)15-10-16-17-14-9-5-4-8-13(14)11-19(16)18-15;13-11-8-10(6-7-12(11)14)16-15-9-4-2-1-3-5-9/h1-11H;1-8H,14H2. The Kier molecular flexibility index (Phi) is 6.46. The zero-order valence-corrected chi connectivity index (χ0v) is 19.4. The molecule has 0 radical (unpaired) electrons. The summed E-state index contributed by atoms with van der Waals surface area (Å²) >= 11 is 5.87. The van der Waals surface area contributed by atoms with Crippen LogP contribution in [-0.2, 0) is 0 Å². The molecular weight excluding hydrogens is 456 g/mol. The average Bonchev–Trinajstić information content (AvgIpc) is 3.32. The third-order valence-corrected chi connectivity index (χ3v) is 5.57. The number of nitrogens with two attached hydrogens (primary N) is 1. The number of benzene rings is 4. The van der Waals surface area contributed by atoms with Crippen molar-refractivity contribution in [1.82, 2.24) is 14.6 Å². The minimum atomic E-state index is 0.490. The molecule has 0 aliphatic rings. The Morgan fingerprint density at radius 2 is 1.40 bits per heavy atom. The molecule has 0 unspecified atom stereocenters. The van der Waals surface area contributed by atoms with Gasteiger partial charge in [0.2, 0.25) is 0 Å². The third-order valence-electron chi connectivity index (χ3n) is 5.24. The van der Waals surface area contributed by atoms with Crippen LogP contribution in [0.4, 0.5) is 17.1 Å². The van der Waals surface area contributed by atoms with Gasteiger partial charge < -0.3 is 5.73 Å². The molecule has 2 N–H and O–H groups in total. The fourth-order valence-corrected chi connectivity index (χ4v) is 3.63. The number of nitrogens with zero attached hydrogens (tertiary/aromatic N) is 5. The molecule has 2 heterocycles. The van der Waals surface area contributed by atoms with Crippen molar-refractivity contribution in [3.63, 3.8) is 0 Å². The van der Waals surface area contributed by atoms with Gasteiger partial charge in [0.1, 0.15) is 0 Å². The van der Waals surface area contributed by atoms with E-state index in [1.54, 1.807) is 18.2 Å². The molecule has 0 aliphatic carbocycles. The van der Waals surface area contributed by atoms with Crippen LogP contribution in [0.3, 0.4) is 0 Å². The van der Waals surface area contributed by atoms with Gasteiger partial charge >= 0.3 is 0 Å². The largest absolute Gasteiger partial charge is 0.398 e. The number of para-hydroxylation sites is 1. The summed E-state index contributed by atoms with van der Waals surface area (Å²) in [7, 11) is 0. The number of halogens is 1. The van der Waals surface area contributed by atoms with E-state index in [0.717, 1.165) is 33.5 Å². The highest BCUT2D eigenvalue weighted by atomic mass is 35.5. The predicted octanol–water partition coefficient (Wildman–Crippen LogP) is 7.89. The molecule has 0 amide bonds. The number of aromatic nitrogens is 3. The summed E-state index contributed by atoms with van der Waals surface area (Å²) in [5, 5.41) is 14.3. The van der Waals surface area contributed by atoms with Gasteiger partial charge in [-0.15, -0.1) is 0 Å². The van der Waals surface area contributed by atoms with E-state index in [1.807, 2.05) is 89.6 Å². The first-order valence-electron chi connectivity index (χ1n) is 11.0. The van der Waals surface area contributed by atoms with E-state index in [0.29, 0.717) is 16.4 Å². The number of hydrogen-bond acceptors (Lipinski definition) is 5. The van der Waals surface area contributed by atoms with Crippen molar-refractivity contribution in [2.45, 2.75) is 0 Å². The van der Waals surface area contributed by atoms with Gasteiger partial charge in [0, 0.05) is 23.2 Å². The Balaban J connectivity index is 0.000000148. The molecule has 6 aromatic rings. The first-order valence-corrected chi connectivity index (χ1v) is 11.4. The van der Waals surface area contributed by atoms with Crippen molar-refractivity contribution >= 4 is 45.2 Å². The Bertz CT molecular complexity index is 1560. The van der Waals surface area contributed by atoms with Crippen LogP contribution in [0.25, 0.3) is 27.8 Å². The van der Waals surface area contributed by atoms with Gasteiger partial charge in [0.05, 0.1) is 33.3 Å². The first-order chi connectivity index (χ1) is 17.2. The second-order valence-electron chi connectivity index (χ2n) is 7.74. The number of hydrogen-bond donors (Lipinski definition) is 1. The molecule has 2 aromatic heterocycles. The Hall–Kier alpha value is -4.55. The molecule has 0 atom stereocenters. The topological polar surface area (TPSA) is 80.9 Å². The summed E-state index contributed by atoms with van der Waals surface area (Å²) in [6, 6.07) is 34.9. The summed E-state index contributed by atoms with van der Waals surface area (Å²) in [5.41, 5.74) is 11.5. The lowest BCUT2D eigenvalue weighted by Gasteiger charge is -1.97. The van der Waals surface area contributed by atoms with E-state index >= 15 is 0 Å². The van der Waals surface area contributed by atoms with E-state index in [1.165, 1.54) is 0 Å². The summed E-state index contributed by atoms with van der Waals surface area (Å²) in [4.78, 5) is 4.62. The third kappa shape index (κ3) is 5.34.